The molecule has 0 aliphatic heterocycles. The van der Waals surface area contributed by atoms with Gasteiger partial charge in [0.05, 0.1) is 7.11 Å². The zero-order valence-corrected chi connectivity index (χ0v) is 11.9. The van der Waals surface area contributed by atoms with Crippen molar-refractivity contribution >= 4 is 17.5 Å². The average molecular weight is 270 g/mol. The topological polar surface area (TPSA) is 38.3 Å². The van der Waals surface area contributed by atoms with E-state index in [0.29, 0.717) is 18.8 Å². The molecule has 1 rings (SSSR count). The van der Waals surface area contributed by atoms with Crippen LogP contribution in [0.4, 0.5) is 0 Å². The Kier molecular flexibility index (Phi) is 5.99. The number of halogens is 1. The van der Waals surface area contributed by atoms with E-state index in [-0.39, 0.29) is 5.91 Å². The molecular weight excluding hydrogens is 250 g/mol. The highest BCUT2D eigenvalue weighted by Crippen LogP contribution is 2.23. The number of hydrogen-bond acceptors (Lipinski definition) is 2. The van der Waals surface area contributed by atoms with Crippen molar-refractivity contribution in [3.05, 3.63) is 28.8 Å². The van der Waals surface area contributed by atoms with Crippen molar-refractivity contribution in [2.75, 3.05) is 19.5 Å². The van der Waals surface area contributed by atoms with Gasteiger partial charge in [-0.15, -0.1) is 11.6 Å². The second kappa shape index (κ2) is 7.27. The molecule has 0 radical (unpaired) electrons. The van der Waals surface area contributed by atoms with Crippen LogP contribution in [-0.4, -0.2) is 25.4 Å². The van der Waals surface area contributed by atoms with E-state index in [1.165, 1.54) is 11.1 Å². The fraction of sp³-hybridized carbons (Fsp3) is 0.500. The van der Waals surface area contributed by atoms with Crippen LogP contribution in [0.5, 0.6) is 5.75 Å². The Labute approximate surface area is 113 Å². The van der Waals surface area contributed by atoms with Crippen LogP contribution in [-0.2, 0) is 11.2 Å². The summed E-state index contributed by atoms with van der Waals surface area (Å²) < 4.78 is 5.27. The van der Waals surface area contributed by atoms with Gasteiger partial charge in [0, 0.05) is 18.8 Å². The zero-order chi connectivity index (χ0) is 13.5. The van der Waals surface area contributed by atoms with E-state index in [0.717, 1.165) is 17.7 Å². The summed E-state index contributed by atoms with van der Waals surface area (Å²) in [6, 6.07) is 4.02. The predicted octanol–water partition coefficient (Wildman–Crippen LogP) is 2.60. The van der Waals surface area contributed by atoms with Crippen LogP contribution in [0.15, 0.2) is 12.1 Å². The van der Waals surface area contributed by atoms with Gasteiger partial charge < -0.3 is 10.1 Å². The fourth-order valence-electron chi connectivity index (χ4n) is 1.85. The third-order valence-corrected chi connectivity index (χ3v) is 3.30. The molecule has 0 aliphatic rings. The molecule has 0 aliphatic carbocycles. The first-order valence-corrected chi connectivity index (χ1v) is 6.59. The van der Waals surface area contributed by atoms with E-state index in [1.807, 2.05) is 13.0 Å². The van der Waals surface area contributed by atoms with E-state index in [2.05, 4.69) is 18.3 Å². The molecule has 1 aromatic rings. The number of carbonyl (C=O) groups is 1. The van der Waals surface area contributed by atoms with E-state index in [4.69, 9.17) is 16.3 Å². The molecule has 0 saturated carbocycles. The van der Waals surface area contributed by atoms with Gasteiger partial charge in [0.15, 0.2) is 0 Å². The second-order valence-electron chi connectivity index (χ2n) is 4.22. The lowest BCUT2D eigenvalue weighted by Gasteiger charge is -2.12. The molecule has 0 saturated heterocycles. The normalized spacial score (nSPS) is 10.2. The maximum atomic E-state index is 11.3. The molecule has 1 N–H and O–H groups in total. The first-order chi connectivity index (χ1) is 8.60. The Morgan fingerprint density at radius 1 is 1.33 bits per heavy atom. The molecule has 0 spiro atoms. The van der Waals surface area contributed by atoms with E-state index >= 15 is 0 Å². The molecule has 0 atom stereocenters. The number of nitrogens with one attached hydrogen (secondary N) is 1. The average Bonchev–Trinajstić information content (AvgIpc) is 2.35. The number of amides is 1. The van der Waals surface area contributed by atoms with Crippen molar-refractivity contribution in [1.82, 2.24) is 5.32 Å². The molecule has 100 valence electrons. The second-order valence-corrected chi connectivity index (χ2v) is 4.59. The highest BCUT2D eigenvalue weighted by atomic mass is 35.5. The number of alkyl halides is 1. The maximum absolute atomic E-state index is 11.3. The van der Waals surface area contributed by atoms with Crippen LogP contribution in [0.25, 0.3) is 0 Å². The van der Waals surface area contributed by atoms with E-state index in [1.54, 1.807) is 7.11 Å². The van der Waals surface area contributed by atoms with Gasteiger partial charge in [-0.25, -0.2) is 0 Å². The zero-order valence-electron chi connectivity index (χ0n) is 11.2. The predicted molar refractivity (Wildman–Crippen MR) is 74.5 cm³/mol. The van der Waals surface area contributed by atoms with Gasteiger partial charge in [-0.2, -0.15) is 0 Å². The van der Waals surface area contributed by atoms with E-state index in [9.17, 15) is 4.79 Å². The quantitative estimate of drug-likeness (QED) is 0.806. The van der Waals surface area contributed by atoms with Gasteiger partial charge in [0.25, 0.3) is 0 Å². The molecule has 3 nitrogen and oxygen atoms in total. The lowest BCUT2D eigenvalue weighted by molar-refractivity contribution is -0.120. The molecule has 0 unspecified atom stereocenters. The van der Waals surface area contributed by atoms with Crippen LogP contribution < -0.4 is 10.1 Å². The molecule has 0 fully saturated rings. The summed E-state index contributed by atoms with van der Waals surface area (Å²) in [6.07, 6.45) is 1.20. The van der Waals surface area contributed by atoms with E-state index < -0.39 is 0 Å². The lowest BCUT2D eigenvalue weighted by atomic mass is 10.00. The van der Waals surface area contributed by atoms with Crippen molar-refractivity contribution in [1.29, 1.82) is 0 Å². The number of hydrogen-bond donors (Lipinski definition) is 1. The van der Waals surface area contributed by atoms with Gasteiger partial charge in [0.1, 0.15) is 5.75 Å². The van der Waals surface area contributed by atoms with Crippen LogP contribution in [0.3, 0.4) is 0 Å². The number of ether oxygens (including phenoxy) is 1. The Morgan fingerprint density at radius 2 is 2.06 bits per heavy atom. The first-order valence-electron chi connectivity index (χ1n) is 6.06. The van der Waals surface area contributed by atoms with Crippen molar-refractivity contribution < 1.29 is 9.53 Å². The van der Waals surface area contributed by atoms with Gasteiger partial charge >= 0.3 is 0 Å². The molecule has 1 aromatic carbocycles. The van der Waals surface area contributed by atoms with Crippen LogP contribution in [0.1, 0.15) is 23.1 Å². The first kappa shape index (κ1) is 14.8. The minimum Gasteiger partial charge on any atom is -0.496 e. The van der Waals surface area contributed by atoms with Crippen LogP contribution in [0.2, 0.25) is 0 Å². The Hall–Kier alpha value is -1.22. The third-order valence-electron chi connectivity index (χ3n) is 3.11. The molecule has 0 heterocycles. The molecular formula is C14H20ClNO2. The van der Waals surface area contributed by atoms with Gasteiger partial charge in [-0.05, 0) is 43.0 Å². The number of rotatable bonds is 6. The van der Waals surface area contributed by atoms with Gasteiger partial charge in [-0.1, -0.05) is 6.07 Å². The number of methoxy groups -OCH3 is 1. The Bertz CT molecular complexity index is 419. The summed E-state index contributed by atoms with van der Waals surface area (Å²) >= 11 is 5.50. The number of carbonyl (C=O) groups excluding carboxylic acids is 1. The van der Waals surface area contributed by atoms with Gasteiger partial charge in [-0.3, -0.25) is 4.79 Å². The maximum Gasteiger partial charge on any atom is 0.221 e. The standard InChI is InChI=1S/C14H20ClNO2/c1-10-11(2)13(18-3)5-4-12(10)7-9-16-14(17)6-8-15/h4-5H,6-9H2,1-3H3,(H,16,17). The lowest BCUT2D eigenvalue weighted by Crippen LogP contribution is -2.25. The Balaban J connectivity index is 2.58. The summed E-state index contributed by atoms with van der Waals surface area (Å²) in [4.78, 5) is 11.3. The van der Waals surface area contributed by atoms with Crippen LogP contribution in [0, 0.1) is 13.8 Å². The number of benzene rings is 1. The molecule has 0 aromatic heterocycles. The molecule has 4 heteroatoms. The van der Waals surface area contributed by atoms with Crippen molar-refractivity contribution in [3.8, 4) is 5.75 Å². The summed E-state index contributed by atoms with van der Waals surface area (Å²) in [5, 5.41) is 2.85. The largest absolute Gasteiger partial charge is 0.496 e. The highest BCUT2D eigenvalue weighted by Gasteiger charge is 2.07. The van der Waals surface area contributed by atoms with Crippen LogP contribution >= 0.6 is 11.6 Å². The summed E-state index contributed by atoms with van der Waals surface area (Å²) in [6.45, 7) is 4.76. The molecule has 18 heavy (non-hydrogen) atoms. The molecule has 1 amide bonds. The summed E-state index contributed by atoms with van der Waals surface area (Å²) in [5.41, 5.74) is 3.61. The third kappa shape index (κ3) is 3.91. The SMILES string of the molecule is COc1ccc(CCNC(=O)CCCl)c(C)c1C. The van der Waals surface area contributed by atoms with Crippen molar-refractivity contribution in [2.45, 2.75) is 26.7 Å². The summed E-state index contributed by atoms with van der Waals surface area (Å²) in [7, 11) is 1.67. The van der Waals surface area contributed by atoms with Crippen molar-refractivity contribution in [3.63, 3.8) is 0 Å². The monoisotopic (exact) mass is 269 g/mol. The van der Waals surface area contributed by atoms with Gasteiger partial charge in [0.2, 0.25) is 5.91 Å². The minimum absolute atomic E-state index is 0.00730. The smallest absolute Gasteiger partial charge is 0.221 e. The highest BCUT2D eigenvalue weighted by molar-refractivity contribution is 6.18. The fourth-order valence-corrected chi connectivity index (χ4v) is 2.03. The van der Waals surface area contributed by atoms with Crippen molar-refractivity contribution in [2.24, 2.45) is 0 Å². The Morgan fingerprint density at radius 3 is 2.67 bits per heavy atom. The summed E-state index contributed by atoms with van der Waals surface area (Å²) in [5.74, 6) is 1.28. The molecule has 0 bridgehead atoms. The minimum atomic E-state index is 0.00730.